The molecule has 0 spiro atoms. The number of sulfonamides is 1. The third-order valence-corrected chi connectivity index (χ3v) is 14.6. The van der Waals surface area contributed by atoms with E-state index in [4.69, 9.17) is 14.7 Å². The number of nitrogens with zero attached hydrogens (tertiary/aromatic N) is 3. The molecular formula is C40H50N4O6S2. The van der Waals surface area contributed by atoms with Crippen molar-refractivity contribution in [3.05, 3.63) is 52.6 Å². The second-order valence-electron chi connectivity index (χ2n) is 15.9. The highest BCUT2D eigenvalue weighted by molar-refractivity contribution is 7.90. The molecule has 52 heavy (non-hydrogen) atoms. The van der Waals surface area contributed by atoms with Gasteiger partial charge in [0.25, 0.3) is 0 Å². The van der Waals surface area contributed by atoms with Crippen LogP contribution in [0.5, 0.6) is 5.75 Å². The van der Waals surface area contributed by atoms with Gasteiger partial charge in [-0.3, -0.25) is 19.1 Å². The highest BCUT2D eigenvalue weighted by Crippen LogP contribution is 2.58. The van der Waals surface area contributed by atoms with E-state index in [1.165, 1.54) is 0 Å². The van der Waals surface area contributed by atoms with E-state index in [0.717, 1.165) is 63.4 Å². The summed E-state index contributed by atoms with van der Waals surface area (Å²) in [5.41, 5.74) is 3.58. The van der Waals surface area contributed by atoms with Gasteiger partial charge in [-0.25, -0.2) is 18.4 Å². The number of carbonyl (C=O) groups is 3. The Kier molecular flexibility index (Phi) is 10.1. The molecule has 7 rings (SSSR count). The number of pyridine rings is 1. The molecule has 3 aromatic rings. The molecule has 2 aromatic heterocycles. The zero-order valence-electron chi connectivity index (χ0n) is 30.8. The summed E-state index contributed by atoms with van der Waals surface area (Å²) in [5.74, 6) is -0.905. The van der Waals surface area contributed by atoms with E-state index in [1.807, 2.05) is 38.3 Å². The van der Waals surface area contributed by atoms with E-state index in [9.17, 15) is 22.8 Å². The Balaban J connectivity index is 1.21. The van der Waals surface area contributed by atoms with Gasteiger partial charge in [-0.2, -0.15) is 0 Å². The van der Waals surface area contributed by atoms with Crippen molar-refractivity contribution in [2.24, 2.45) is 29.1 Å². The number of Topliss-reactive ketones (excluding diaryl/α,β-unsaturated/α-hetero) is 1. The summed E-state index contributed by atoms with van der Waals surface area (Å²) < 4.78 is 33.7. The molecule has 1 unspecified atom stereocenters. The van der Waals surface area contributed by atoms with Crippen LogP contribution in [0.4, 0.5) is 0 Å². The minimum atomic E-state index is -3.77. The summed E-state index contributed by atoms with van der Waals surface area (Å²) in [6.07, 6.45) is 9.75. The molecule has 3 fully saturated rings. The number of rotatable bonds is 8. The maximum Gasteiger partial charge on any atom is 0.240 e. The summed E-state index contributed by atoms with van der Waals surface area (Å²) in [6, 6.07) is 6.13. The fourth-order valence-electron chi connectivity index (χ4n) is 8.43. The Hall–Kier alpha value is -3.64. The molecule has 10 nitrogen and oxygen atoms in total. The van der Waals surface area contributed by atoms with E-state index >= 15 is 0 Å². The van der Waals surface area contributed by atoms with Crippen LogP contribution in [0.3, 0.4) is 0 Å². The van der Waals surface area contributed by atoms with Crippen LogP contribution < -0.4 is 9.46 Å². The molecule has 1 aromatic carbocycles. The highest BCUT2D eigenvalue weighted by atomic mass is 32.2. The fraction of sp³-hybridized carbons (Fsp3) is 0.575. The van der Waals surface area contributed by atoms with Crippen LogP contribution in [-0.2, 0) is 30.8 Å². The fourth-order valence-corrected chi connectivity index (χ4v) is 10.8. The van der Waals surface area contributed by atoms with Crippen molar-refractivity contribution in [3.63, 3.8) is 0 Å². The minimum absolute atomic E-state index is 0.0273. The van der Waals surface area contributed by atoms with Crippen molar-refractivity contribution in [1.82, 2.24) is 19.6 Å². The number of fused-ring (bicyclic) bond motifs is 3. The summed E-state index contributed by atoms with van der Waals surface area (Å²) in [5, 5.41) is 3.40. The Bertz CT molecular complexity index is 2040. The number of benzene rings is 1. The predicted molar refractivity (Wildman–Crippen MR) is 203 cm³/mol. The summed E-state index contributed by atoms with van der Waals surface area (Å²) >= 11 is 1.58. The second kappa shape index (κ2) is 14.3. The largest absolute Gasteiger partial charge is 0.496 e. The highest BCUT2D eigenvalue weighted by Gasteiger charge is 2.61. The third kappa shape index (κ3) is 7.17. The first kappa shape index (κ1) is 36.7. The molecule has 5 atom stereocenters. The van der Waals surface area contributed by atoms with E-state index in [1.54, 1.807) is 23.3 Å². The molecule has 278 valence electrons. The van der Waals surface area contributed by atoms with Gasteiger partial charge >= 0.3 is 0 Å². The van der Waals surface area contributed by atoms with Crippen LogP contribution in [0.25, 0.3) is 21.6 Å². The van der Waals surface area contributed by atoms with Gasteiger partial charge in [-0.05, 0) is 106 Å². The van der Waals surface area contributed by atoms with Crippen molar-refractivity contribution in [3.8, 4) is 16.5 Å². The number of carbonyl (C=O) groups excluding carboxylic acids is 3. The van der Waals surface area contributed by atoms with Gasteiger partial charge in [0.2, 0.25) is 21.8 Å². The van der Waals surface area contributed by atoms with Crippen molar-refractivity contribution >= 4 is 49.9 Å². The van der Waals surface area contributed by atoms with Crippen LogP contribution in [0.1, 0.15) is 94.4 Å². The maximum absolute atomic E-state index is 14.4. The molecule has 3 heterocycles. The number of aromatic nitrogens is 2. The molecule has 1 N–H and O–H groups in total. The number of ether oxygens (including phenoxy) is 1. The lowest BCUT2D eigenvalue weighted by atomic mass is 9.83. The van der Waals surface area contributed by atoms with Crippen LogP contribution in [-0.4, -0.2) is 66.8 Å². The van der Waals surface area contributed by atoms with Crippen molar-refractivity contribution in [1.29, 1.82) is 0 Å². The number of nitrogens with one attached hydrogen (secondary N) is 1. The normalized spacial score (nSPS) is 27.0. The second-order valence-corrected chi connectivity index (χ2v) is 18.7. The maximum atomic E-state index is 14.4. The molecule has 1 aliphatic heterocycles. The lowest BCUT2D eigenvalue weighted by molar-refractivity contribution is -0.140. The van der Waals surface area contributed by atoms with Crippen molar-refractivity contribution in [2.45, 2.75) is 96.1 Å². The smallest absolute Gasteiger partial charge is 0.240 e. The summed E-state index contributed by atoms with van der Waals surface area (Å²) in [4.78, 5) is 54.1. The van der Waals surface area contributed by atoms with Gasteiger partial charge in [0.15, 0.2) is 0 Å². The number of hydrogen-bond acceptors (Lipinski definition) is 9. The number of allylic oxidation sites excluding steroid dienone is 2. The number of hydrogen-bond donors (Lipinski definition) is 1. The number of methoxy groups -OCH3 is 1. The average molecular weight is 747 g/mol. The SMILES string of the molecule is COc1ccc2c(C[C@H]3CC4C(=O)N(C)CCCCC=C[C@@H]5C[C@]5(C(=O)NS(=O)(=O)C5CC5)CC(=O)[C@@H]4C3)cc(-c3nc(C(C)C)cs3)nc2c1C. The number of ketones is 1. The molecular weight excluding hydrogens is 697 g/mol. The van der Waals surface area contributed by atoms with Crippen LogP contribution in [0, 0.1) is 36.0 Å². The minimum Gasteiger partial charge on any atom is -0.496 e. The summed E-state index contributed by atoms with van der Waals surface area (Å²) in [6.45, 7) is 6.88. The molecule has 3 saturated carbocycles. The van der Waals surface area contributed by atoms with Gasteiger partial charge in [-0.15, -0.1) is 11.3 Å². The Morgan fingerprint density at radius 3 is 2.62 bits per heavy atom. The Labute approximate surface area is 310 Å². The zero-order valence-corrected chi connectivity index (χ0v) is 32.4. The first-order valence-corrected chi connectivity index (χ1v) is 21.2. The molecule has 0 bridgehead atoms. The molecule has 3 aliphatic carbocycles. The molecule has 0 saturated heterocycles. The Morgan fingerprint density at radius 2 is 1.90 bits per heavy atom. The Morgan fingerprint density at radius 1 is 1.13 bits per heavy atom. The lowest BCUT2D eigenvalue weighted by Crippen LogP contribution is -2.42. The van der Waals surface area contributed by atoms with E-state index in [0.29, 0.717) is 51.0 Å². The molecule has 2 amide bonds. The van der Waals surface area contributed by atoms with Crippen LogP contribution >= 0.6 is 11.3 Å². The third-order valence-electron chi connectivity index (χ3n) is 11.9. The average Bonchev–Trinajstić information content (AvgIpc) is 3.98. The lowest BCUT2D eigenvalue weighted by Gasteiger charge is -2.26. The van der Waals surface area contributed by atoms with E-state index in [-0.39, 0.29) is 29.9 Å². The van der Waals surface area contributed by atoms with Gasteiger partial charge in [0.1, 0.15) is 16.5 Å². The first-order chi connectivity index (χ1) is 24.8. The monoisotopic (exact) mass is 746 g/mol. The quantitative estimate of drug-likeness (QED) is 0.250. The first-order valence-electron chi connectivity index (χ1n) is 18.7. The van der Waals surface area contributed by atoms with Crippen LogP contribution in [0.15, 0.2) is 35.7 Å². The zero-order chi connectivity index (χ0) is 36.9. The number of amides is 2. The van der Waals surface area contributed by atoms with Gasteiger partial charge in [-0.1, -0.05) is 26.0 Å². The van der Waals surface area contributed by atoms with Crippen LogP contribution in [0.2, 0.25) is 0 Å². The van der Waals surface area contributed by atoms with Gasteiger partial charge in [0.05, 0.1) is 34.7 Å². The number of aryl methyl sites for hydroxylation is 1. The van der Waals surface area contributed by atoms with Gasteiger partial charge < -0.3 is 9.64 Å². The summed E-state index contributed by atoms with van der Waals surface area (Å²) in [7, 11) is -0.286. The number of thiazole rings is 1. The van der Waals surface area contributed by atoms with E-state index in [2.05, 4.69) is 30.0 Å². The topological polar surface area (TPSA) is 136 Å². The van der Waals surface area contributed by atoms with Crippen molar-refractivity contribution in [2.75, 3.05) is 20.7 Å². The van der Waals surface area contributed by atoms with Gasteiger partial charge in [0, 0.05) is 48.2 Å². The molecule has 4 aliphatic rings. The van der Waals surface area contributed by atoms with Crippen molar-refractivity contribution < 1.29 is 27.5 Å². The molecule has 12 heteroatoms. The standard InChI is InChI=1S/C40H50N4O6S2/c1-23(2)33-22-51-37(42-33)32-19-26(29-13-14-35(50-5)24(3)36(29)41-32)16-25-17-30-31(18-25)38(46)44(4)15-9-7-6-8-10-27-20-40(27,21-34(30)45)39(47)43-52(48,49)28-11-12-28/h8,10,13-14,19,22-23,25,27-28,30-31H,6-7,9,11-12,15-18,20-21H2,1-5H3,(H,43,47)/t25-,27-,30-,31?,40+/m1/s1. The van der Waals surface area contributed by atoms with E-state index < -0.39 is 38.4 Å². The predicted octanol–water partition coefficient (Wildman–Crippen LogP) is 6.76. The molecule has 0 radical (unpaired) electrons.